The van der Waals surface area contributed by atoms with Gasteiger partial charge in [-0.3, -0.25) is 19.3 Å². The molecule has 6 unspecified atom stereocenters. The van der Waals surface area contributed by atoms with E-state index in [2.05, 4.69) is 22.5 Å². The third-order valence-corrected chi connectivity index (χ3v) is 12.1. The number of nitrogens with zero attached hydrogens (tertiary/aromatic N) is 2. The summed E-state index contributed by atoms with van der Waals surface area (Å²) in [6.07, 6.45) is -0.580. The lowest BCUT2D eigenvalue weighted by Crippen LogP contribution is -2.53. The summed E-state index contributed by atoms with van der Waals surface area (Å²) in [4.78, 5) is 52.6. The molecule has 9 rings (SSSR count). The van der Waals surface area contributed by atoms with Crippen LogP contribution in [-0.4, -0.2) is 63.7 Å². The number of benzene rings is 5. The van der Waals surface area contributed by atoms with Crippen molar-refractivity contribution in [2.45, 2.75) is 36.1 Å². The fourth-order valence-electron chi connectivity index (χ4n) is 8.94. The maximum atomic E-state index is 15.4. The number of hydrogen-bond donors (Lipinski definition) is 4. The van der Waals surface area contributed by atoms with Gasteiger partial charge >= 0.3 is 5.97 Å². The molecule has 1 aromatic heterocycles. The Balaban J connectivity index is 1.33. The Kier molecular flexibility index (Phi) is 9.97. The van der Waals surface area contributed by atoms with Gasteiger partial charge in [-0.2, -0.15) is 0 Å². The van der Waals surface area contributed by atoms with Gasteiger partial charge in [0.15, 0.2) is 5.13 Å². The average molecular weight is 791 g/mol. The van der Waals surface area contributed by atoms with E-state index in [1.165, 1.54) is 11.3 Å². The summed E-state index contributed by atoms with van der Waals surface area (Å²) in [5.41, 5.74) is 2.67. The number of hydrogen-bond acceptors (Lipinski definition) is 10. The smallest absolute Gasteiger partial charge is 0.324 e. The van der Waals surface area contributed by atoms with Gasteiger partial charge in [-0.25, -0.2) is 4.98 Å². The second kappa shape index (κ2) is 15.5. The number of ether oxygens (including phenoxy) is 2. The summed E-state index contributed by atoms with van der Waals surface area (Å²) >= 11 is 1.30. The molecule has 2 saturated heterocycles. The molecule has 2 fully saturated rings. The van der Waals surface area contributed by atoms with Crippen LogP contribution in [0.5, 0.6) is 5.75 Å². The predicted molar refractivity (Wildman–Crippen MR) is 219 cm³/mol. The Hall–Kier alpha value is -6.36. The number of aliphatic hydroxyl groups is 2. The van der Waals surface area contributed by atoms with Crippen LogP contribution in [-0.2, 0) is 24.5 Å². The molecule has 0 radical (unpaired) electrons. The minimum atomic E-state index is -1.75. The summed E-state index contributed by atoms with van der Waals surface area (Å²) in [5, 5.41) is 25.6. The molecular formula is C46H38N4O7S. The zero-order chi connectivity index (χ0) is 39.8. The highest BCUT2D eigenvalue weighted by molar-refractivity contribution is 7.22. The highest BCUT2D eigenvalue weighted by Crippen LogP contribution is 2.65. The molecule has 12 heteroatoms. The fourth-order valence-corrected chi connectivity index (χ4v) is 9.81. The maximum Gasteiger partial charge on any atom is 0.324 e. The Bertz CT molecular complexity index is 2560. The quantitative estimate of drug-likeness (QED) is 0.0977. The van der Waals surface area contributed by atoms with E-state index < -0.39 is 53.3 Å². The van der Waals surface area contributed by atoms with Crippen LogP contribution >= 0.6 is 11.3 Å². The largest absolute Gasteiger partial charge is 0.491 e. The lowest BCUT2D eigenvalue weighted by Gasteiger charge is -2.46. The number of amides is 2. The van der Waals surface area contributed by atoms with Gasteiger partial charge in [0.2, 0.25) is 11.8 Å². The van der Waals surface area contributed by atoms with Crippen molar-refractivity contribution in [3.05, 3.63) is 155 Å². The van der Waals surface area contributed by atoms with Gasteiger partial charge in [0.25, 0.3) is 0 Å². The van der Waals surface area contributed by atoms with Crippen LogP contribution in [0.3, 0.4) is 0 Å². The Morgan fingerprint density at radius 1 is 0.862 bits per heavy atom. The normalized spacial score (nSPS) is 23.4. The number of esters is 1. The average Bonchev–Trinajstić information content (AvgIpc) is 3.90. The monoisotopic (exact) mass is 790 g/mol. The molecule has 1 spiro atoms. The summed E-state index contributed by atoms with van der Waals surface area (Å²) in [5.74, 6) is 3.48. The number of para-hydroxylation sites is 1. The molecule has 0 bridgehead atoms. The second-order valence-corrected chi connectivity index (χ2v) is 15.4. The van der Waals surface area contributed by atoms with E-state index in [0.717, 1.165) is 15.8 Å². The van der Waals surface area contributed by atoms with Gasteiger partial charge in [-0.1, -0.05) is 108 Å². The first-order chi connectivity index (χ1) is 28.4. The minimum absolute atomic E-state index is 0.0348. The van der Waals surface area contributed by atoms with Crippen LogP contribution in [0.2, 0.25) is 0 Å². The zero-order valence-corrected chi connectivity index (χ0v) is 31.9. The molecule has 5 aromatic carbocycles. The standard InChI is InChI=1S/C46H38N4O7S/c51-23-10-9-12-28-21-22-34-33(26-28)46(44(55)47-34)37(42(53)49-45-48-35-19-7-8-20-36(35)58-45)39-43(54)57-40(30-15-5-2-6-16-30)38(29-13-3-1-4-14-29)50(39)41(46)31-17-11-18-32(27-31)56-25-24-52/h1-8,11,13-22,26-27,37-41,51-52H,10,23-25H2,(H,47,55)(H,48,49,53). The van der Waals surface area contributed by atoms with Crippen molar-refractivity contribution in [3.63, 3.8) is 0 Å². The molecule has 4 heterocycles. The topological polar surface area (TPSA) is 150 Å². The SMILES string of the molecule is O=C1OC(c2ccccc2)C(c2ccccc2)N2C1C(C(=O)Nc1nc3ccccc3s1)C1(C(=O)Nc3ccc(C#CCCO)cc31)C2c1cccc(OCCO)c1. The van der Waals surface area contributed by atoms with Gasteiger partial charge in [0.05, 0.1) is 41.4 Å². The molecule has 0 saturated carbocycles. The van der Waals surface area contributed by atoms with Crippen LogP contribution in [0.25, 0.3) is 10.2 Å². The molecule has 11 nitrogen and oxygen atoms in total. The number of thiazole rings is 1. The molecule has 6 aromatic rings. The van der Waals surface area contributed by atoms with Crippen molar-refractivity contribution in [1.82, 2.24) is 9.88 Å². The van der Waals surface area contributed by atoms with Gasteiger partial charge in [-0.05, 0) is 64.7 Å². The number of fused-ring (bicyclic) bond motifs is 4. The van der Waals surface area contributed by atoms with Crippen LogP contribution in [0.15, 0.2) is 127 Å². The third-order valence-electron chi connectivity index (χ3n) is 11.1. The van der Waals surface area contributed by atoms with E-state index in [-0.39, 0.29) is 26.2 Å². The third kappa shape index (κ3) is 6.29. The number of aromatic nitrogens is 1. The van der Waals surface area contributed by atoms with Crippen molar-refractivity contribution in [1.29, 1.82) is 0 Å². The zero-order valence-electron chi connectivity index (χ0n) is 31.1. The summed E-state index contributed by atoms with van der Waals surface area (Å²) in [7, 11) is 0. The lowest BCUT2D eigenvalue weighted by atomic mass is 9.65. The van der Waals surface area contributed by atoms with Gasteiger partial charge in [0.1, 0.15) is 29.9 Å². The molecule has 58 heavy (non-hydrogen) atoms. The van der Waals surface area contributed by atoms with Crippen LogP contribution in [0.1, 0.15) is 52.4 Å². The maximum absolute atomic E-state index is 15.4. The van der Waals surface area contributed by atoms with Crippen LogP contribution in [0, 0.1) is 17.8 Å². The van der Waals surface area contributed by atoms with Crippen LogP contribution < -0.4 is 15.4 Å². The van der Waals surface area contributed by atoms with Gasteiger partial charge in [-0.15, -0.1) is 0 Å². The highest BCUT2D eigenvalue weighted by Gasteiger charge is 2.74. The van der Waals surface area contributed by atoms with E-state index in [0.29, 0.717) is 38.8 Å². The number of aliphatic hydroxyl groups excluding tert-OH is 2. The number of carbonyl (C=O) groups excluding carboxylic acids is 3. The van der Waals surface area contributed by atoms with Crippen LogP contribution in [0.4, 0.5) is 10.8 Å². The number of morpholine rings is 1. The summed E-state index contributed by atoms with van der Waals surface area (Å²) < 4.78 is 13.3. The number of cyclic esters (lactones) is 1. The molecular weight excluding hydrogens is 753 g/mol. The molecule has 3 aliphatic rings. The molecule has 6 atom stereocenters. The van der Waals surface area contributed by atoms with Crippen molar-refractivity contribution in [3.8, 4) is 17.6 Å². The predicted octanol–water partition coefficient (Wildman–Crippen LogP) is 6.31. The van der Waals surface area contributed by atoms with E-state index in [1.54, 1.807) is 24.3 Å². The van der Waals surface area contributed by atoms with Crippen molar-refractivity contribution in [2.75, 3.05) is 30.5 Å². The number of nitrogens with one attached hydrogen (secondary N) is 2. The number of rotatable bonds is 9. The summed E-state index contributed by atoms with van der Waals surface area (Å²) in [6, 6.07) is 36.4. The van der Waals surface area contributed by atoms with E-state index in [1.807, 2.05) is 108 Å². The van der Waals surface area contributed by atoms with Crippen molar-refractivity contribution in [2.24, 2.45) is 5.92 Å². The first-order valence-electron chi connectivity index (χ1n) is 19.1. The van der Waals surface area contributed by atoms with Gasteiger partial charge < -0.3 is 30.3 Å². The molecule has 290 valence electrons. The van der Waals surface area contributed by atoms with Crippen molar-refractivity contribution < 1.29 is 34.1 Å². The first-order valence-corrected chi connectivity index (χ1v) is 19.9. The minimum Gasteiger partial charge on any atom is -0.491 e. The van der Waals surface area contributed by atoms with E-state index >= 15 is 14.4 Å². The number of carbonyl (C=O) groups is 3. The molecule has 3 aliphatic heterocycles. The molecule has 0 aliphatic carbocycles. The van der Waals surface area contributed by atoms with Crippen molar-refractivity contribution >= 4 is 50.2 Å². The fraction of sp³-hybridized carbons (Fsp3) is 0.217. The number of anilines is 2. The Labute approximate surface area is 338 Å². The van der Waals surface area contributed by atoms with E-state index in [9.17, 15) is 10.2 Å². The first kappa shape index (κ1) is 37.2. The lowest BCUT2D eigenvalue weighted by molar-refractivity contribution is -0.177. The van der Waals surface area contributed by atoms with E-state index in [4.69, 9.17) is 14.5 Å². The molecule has 2 amide bonds. The summed E-state index contributed by atoms with van der Waals surface area (Å²) in [6.45, 7) is -0.293. The van der Waals surface area contributed by atoms with Gasteiger partial charge in [0, 0.05) is 17.7 Å². The Morgan fingerprint density at radius 3 is 2.36 bits per heavy atom. The second-order valence-electron chi connectivity index (χ2n) is 14.4. The highest BCUT2D eigenvalue weighted by atomic mass is 32.1. The molecule has 4 N–H and O–H groups in total. The Morgan fingerprint density at radius 2 is 1.60 bits per heavy atom.